The lowest BCUT2D eigenvalue weighted by molar-refractivity contribution is 0.0962. The lowest BCUT2D eigenvalue weighted by Gasteiger charge is -2.17. The molecule has 9 heteroatoms. The van der Waals surface area contributed by atoms with Gasteiger partial charge in [0.15, 0.2) is 5.78 Å². The van der Waals surface area contributed by atoms with Gasteiger partial charge in [0.25, 0.3) is 5.91 Å². The van der Waals surface area contributed by atoms with Crippen LogP contribution in [0.2, 0.25) is 15.1 Å². The summed E-state index contributed by atoms with van der Waals surface area (Å²) in [7, 11) is 0. The first kappa shape index (κ1) is 25.6. The average molecular weight is 544 g/mol. The number of amides is 3. The molecule has 4 aromatic carbocycles. The van der Waals surface area contributed by atoms with Gasteiger partial charge in [-0.15, -0.1) is 0 Å². The van der Waals surface area contributed by atoms with Crippen LogP contribution in [0, 0.1) is 19.7 Å². The highest BCUT2D eigenvalue weighted by Gasteiger charge is 2.23. The second-order valence-electron chi connectivity index (χ2n) is 8.03. The van der Waals surface area contributed by atoms with Crippen molar-refractivity contribution in [1.29, 1.82) is 0 Å². The van der Waals surface area contributed by atoms with Crippen molar-refractivity contribution in [2.24, 2.45) is 0 Å². The van der Waals surface area contributed by atoms with Crippen molar-refractivity contribution in [1.82, 2.24) is 5.32 Å². The van der Waals surface area contributed by atoms with E-state index in [-0.39, 0.29) is 27.1 Å². The van der Waals surface area contributed by atoms with Crippen molar-refractivity contribution in [3.05, 3.63) is 109 Å². The number of ketones is 1. The van der Waals surface area contributed by atoms with Gasteiger partial charge in [0.1, 0.15) is 5.82 Å². The Balaban J connectivity index is 1.63. The minimum Gasteiger partial charge on any atom is -0.307 e. The SMILES string of the molecule is Cc1cc(NC(=O)NC(=O)c2c(F)cccc2Cl)c(C)c(Cl)c1C(=O)c1ccc(Cl)c2ccccc12. The zero-order valence-electron chi connectivity index (χ0n) is 19.0. The number of halogens is 4. The fourth-order valence-corrected chi connectivity index (χ4v) is 4.73. The van der Waals surface area contributed by atoms with Gasteiger partial charge in [0.2, 0.25) is 0 Å². The van der Waals surface area contributed by atoms with E-state index in [1.165, 1.54) is 12.1 Å². The molecule has 2 N–H and O–H groups in total. The van der Waals surface area contributed by atoms with E-state index in [0.717, 1.165) is 11.5 Å². The van der Waals surface area contributed by atoms with E-state index >= 15 is 0 Å². The first-order chi connectivity index (χ1) is 17.1. The van der Waals surface area contributed by atoms with Crippen molar-refractivity contribution in [3.8, 4) is 0 Å². The summed E-state index contributed by atoms with van der Waals surface area (Å²) in [4.78, 5) is 38.4. The van der Waals surface area contributed by atoms with E-state index < -0.39 is 23.3 Å². The number of carbonyl (C=O) groups is 3. The highest BCUT2D eigenvalue weighted by Crippen LogP contribution is 2.35. The molecule has 0 fully saturated rings. The maximum atomic E-state index is 14.0. The largest absolute Gasteiger partial charge is 0.326 e. The second-order valence-corrected chi connectivity index (χ2v) is 9.22. The molecule has 0 aliphatic heterocycles. The minimum absolute atomic E-state index is 0.132. The van der Waals surface area contributed by atoms with Crippen LogP contribution in [0.25, 0.3) is 10.8 Å². The smallest absolute Gasteiger partial charge is 0.307 e. The maximum Gasteiger partial charge on any atom is 0.326 e. The molecule has 0 heterocycles. The number of hydrogen-bond donors (Lipinski definition) is 2. The molecule has 0 atom stereocenters. The quantitative estimate of drug-likeness (QED) is 0.258. The number of fused-ring (bicyclic) bond motifs is 1. The summed E-state index contributed by atoms with van der Waals surface area (Å²) < 4.78 is 14.0. The predicted octanol–water partition coefficient (Wildman–Crippen LogP) is 7.75. The third-order valence-corrected chi connectivity index (χ3v) is 6.83. The van der Waals surface area contributed by atoms with Crippen LogP contribution in [0.15, 0.2) is 60.7 Å². The molecule has 3 amide bonds. The third kappa shape index (κ3) is 4.80. The van der Waals surface area contributed by atoms with Gasteiger partial charge in [0.05, 0.1) is 15.6 Å². The number of hydrogen-bond acceptors (Lipinski definition) is 3. The number of urea groups is 1. The molecule has 0 saturated heterocycles. The maximum absolute atomic E-state index is 14.0. The van der Waals surface area contributed by atoms with Crippen molar-refractivity contribution in [2.75, 3.05) is 5.32 Å². The van der Waals surface area contributed by atoms with E-state index in [4.69, 9.17) is 34.8 Å². The van der Waals surface area contributed by atoms with E-state index in [9.17, 15) is 18.8 Å². The van der Waals surface area contributed by atoms with Gasteiger partial charge in [-0.2, -0.15) is 0 Å². The Morgan fingerprint density at radius 3 is 2.19 bits per heavy atom. The third-order valence-electron chi connectivity index (χ3n) is 5.72. The molecule has 0 aromatic heterocycles. The second kappa shape index (κ2) is 10.3. The number of benzene rings is 4. The summed E-state index contributed by atoms with van der Waals surface area (Å²) in [5, 5.41) is 6.55. The monoisotopic (exact) mass is 542 g/mol. The number of aryl methyl sites for hydroxylation is 1. The highest BCUT2D eigenvalue weighted by atomic mass is 35.5. The van der Waals surface area contributed by atoms with Crippen molar-refractivity contribution in [3.63, 3.8) is 0 Å². The van der Waals surface area contributed by atoms with E-state index in [2.05, 4.69) is 5.32 Å². The zero-order chi connectivity index (χ0) is 26.1. The average Bonchev–Trinajstić information content (AvgIpc) is 2.82. The minimum atomic E-state index is -1.00. The van der Waals surface area contributed by atoms with Crippen LogP contribution in [0.3, 0.4) is 0 Å². The fourth-order valence-electron chi connectivity index (χ4n) is 3.91. The van der Waals surface area contributed by atoms with Crippen LogP contribution >= 0.6 is 34.8 Å². The van der Waals surface area contributed by atoms with Gasteiger partial charge in [0, 0.05) is 27.2 Å². The molecule has 0 unspecified atom stereocenters. The lowest BCUT2D eigenvalue weighted by Crippen LogP contribution is -2.35. The van der Waals surface area contributed by atoms with Gasteiger partial charge in [-0.25, -0.2) is 9.18 Å². The molecule has 36 heavy (non-hydrogen) atoms. The predicted molar refractivity (Wildman–Crippen MR) is 141 cm³/mol. The molecule has 0 aliphatic carbocycles. The first-order valence-corrected chi connectivity index (χ1v) is 11.8. The Bertz CT molecular complexity index is 1550. The molecule has 182 valence electrons. The van der Waals surface area contributed by atoms with Crippen LogP contribution in [0.4, 0.5) is 14.9 Å². The van der Waals surface area contributed by atoms with E-state index in [1.807, 2.05) is 29.6 Å². The molecule has 0 saturated carbocycles. The summed E-state index contributed by atoms with van der Waals surface area (Å²) in [6.07, 6.45) is 0. The summed E-state index contributed by atoms with van der Waals surface area (Å²) >= 11 is 18.8. The van der Waals surface area contributed by atoms with Crippen LogP contribution in [-0.4, -0.2) is 17.7 Å². The summed E-state index contributed by atoms with van der Waals surface area (Å²) in [5.41, 5.74) is 1.46. The molecule has 4 aromatic rings. The van der Waals surface area contributed by atoms with Crippen LogP contribution in [0.5, 0.6) is 0 Å². The topological polar surface area (TPSA) is 75.3 Å². The van der Waals surface area contributed by atoms with Crippen molar-refractivity contribution >= 4 is 69.0 Å². The Hall–Kier alpha value is -3.45. The van der Waals surface area contributed by atoms with Crippen LogP contribution in [0.1, 0.15) is 37.4 Å². The number of nitrogens with one attached hydrogen (secondary N) is 2. The first-order valence-electron chi connectivity index (χ1n) is 10.7. The fraction of sp³-hybridized carbons (Fsp3) is 0.0741. The summed E-state index contributed by atoms with van der Waals surface area (Å²) in [6.45, 7) is 3.31. The molecule has 4 rings (SSSR count). The van der Waals surface area contributed by atoms with Gasteiger partial charge < -0.3 is 5.32 Å². The molecule has 0 spiro atoms. The Morgan fingerprint density at radius 2 is 1.50 bits per heavy atom. The van der Waals surface area contributed by atoms with Gasteiger partial charge >= 0.3 is 6.03 Å². The number of imide groups is 1. The number of carbonyl (C=O) groups excluding carboxylic acids is 3. The van der Waals surface area contributed by atoms with Crippen molar-refractivity contribution in [2.45, 2.75) is 13.8 Å². The summed E-state index contributed by atoms with van der Waals surface area (Å²) in [6, 6.07) is 15.0. The van der Waals surface area contributed by atoms with Crippen molar-refractivity contribution < 1.29 is 18.8 Å². The Morgan fingerprint density at radius 1 is 0.806 bits per heavy atom. The van der Waals surface area contributed by atoms with Gasteiger partial charge in [-0.3, -0.25) is 14.9 Å². The Labute approximate surface area is 221 Å². The van der Waals surface area contributed by atoms with Crippen LogP contribution < -0.4 is 10.6 Å². The molecular formula is C27H18Cl3FN2O3. The summed E-state index contributed by atoms with van der Waals surface area (Å²) in [5.74, 6) is -2.16. The molecule has 0 radical (unpaired) electrons. The Kier molecular flexibility index (Phi) is 7.31. The number of rotatable bonds is 4. The molecular weight excluding hydrogens is 526 g/mol. The van der Waals surface area contributed by atoms with Gasteiger partial charge in [-0.1, -0.05) is 65.1 Å². The number of anilines is 1. The van der Waals surface area contributed by atoms with E-state index in [1.54, 1.807) is 32.0 Å². The zero-order valence-corrected chi connectivity index (χ0v) is 21.3. The van der Waals surface area contributed by atoms with Crippen LogP contribution in [-0.2, 0) is 0 Å². The molecule has 0 bridgehead atoms. The van der Waals surface area contributed by atoms with Gasteiger partial charge in [-0.05, 0) is 60.7 Å². The highest BCUT2D eigenvalue weighted by molar-refractivity contribution is 6.39. The standard InChI is InChI=1S/C27H18Cl3FN2O3/c1-13-12-21(32-27(36)33-26(35)23-19(29)8-5-9-20(23)31)14(2)24(30)22(13)25(34)17-10-11-18(28)16-7-4-3-6-15(16)17/h3-12H,1-2H3,(H2,32,33,35,36). The molecule has 5 nitrogen and oxygen atoms in total. The van der Waals surface area contributed by atoms with E-state index in [0.29, 0.717) is 27.1 Å². The lowest BCUT2D eigenvalue weighted by atomic mass is 9.93. The normalized spacial score (nSPS) is 10.8. The molecule has 0 aliphatic rings.